The van der Waals surface area contributed by atoms with Crippen LogP contribution in [0.25, 0.3) is 11.5 Å². The van der Waals surface area contributed by atoms with E-state index in [0.717, 1.165) is 25.9 Å². The number of rotatable bonds is 6. The molecule has 1 saturated heterocycles. The van der Waals surface area contributed by atoms with E-state index in [1.807, 2.05) is 6.07 Å². The molecule has 2 atom stereocenters. The maximum Gasteiger partial charge on any atom is 0.437 e. The Labute approximate surface area is 233 Å². The van der Waals surface area contributed by atoms with E-state index in [4.69, 9.17) is 10.2 Å². The Hall–Kier alpha value is -4.39. The molecule has 13 heteroatoms. The van der Waals surface area contributed by atoms with Crippen LogP contribution in [0.5, 0.6) is 0 Å². The topological polar surface area (TPSA) is 134 Å². The number of piperidine rings is 1. The van der Waals surface area contributed by atoms with Crippen LogP contribution in [-0.4, -0.2) is 53.5 Å². The molecule has 0 radical (unpaired) electrons. The first-order valence-corrected chi connectivity index (χ1v) is 13.2. The van der Waals surface area contributed by atoms with Crippen molar-refractivity contribution >= 4 is 29.2 Å². The predicted octanol–water partition coefficient (Wildman–Crippen LogP) is 4.23. The first-order valence-electron chi connectivity index (χ1n) is 13.2. The normalized spacial score (nSPS) is 19.1. The zero-order chi connectivity index (χ0) is 29.3. The van der Waals surface area contributed by atoms with Crippen molar-refractivity contribution in [1.82, 2.24) is 15.2 Å². The summed E-state index contributed by atoms with van der Waals surface area (Å²) >= 11 is 0. The number of nitrogens with zero attached hydrogens (tertiary/aromatic N) is 3. The van der Waals surface area contributed by atoms with Crippen LogP contribution in [0.15, 0.2) is 52.9 Å². The largest absolute Gasteiger partial charge is 0.437 e. The third-order valence-electron chi connectivity index (χ3n) is 7.22. The van der Waals surface area contributed by atoms with Crippen molar-refractivity contribution in [1.29, 1.82) is 0 Å². The lowest BCUT2D eigenvalue weighted by molar-refractivity contribution is -0.141. The van der Waals surface area contributed by atoms with Gasteiger partial charge in [0.15, 0.2) is 5.69 Å². The third kappa shape index (κ3) is 6.04. The molecule has 41 heavy (non-hydrogen) atoms. The second-order valence-corrected chi connectivity index (χ2v) is 10.3. The number of para-hydroxylation sites is 1. The van der Waals surface area contributed by atoms with Crippen LogP contribution in [0.1, 0.15) is 41.6 Å². The number of hydrogen-bond donors (Lipinski definition) is 3. The van der Waals surface area contributed by atoms with Gasteiger partial charge in [-0.3, -0.25) is 19.4 Å². The number of urea groups is 1. The molecule has 0 bridgehead atoms. The maximum atomic E-state index is 13.5. The highest BCUT2D eigenvalue weighted by atomic mass is 19.4. The van der Waals surface area contributed by atoms with Gasteiger partial charge in [-0.2, -0.15) is 13.2 Å². The van der Waals surface area contributed by atoms with E-state index in [0.29, 0.717) is 29.3 Å². The molecule has 2 aliphatic heterocycles. The molecular weight excluding hydrogens is 541 g/mol. The van der Waals surface area contributed by atoms with Crippen molar-refractivity contribution < 1.29 is 32.0 Å². The summed E-state index contributed by atoms with van der Waals surface area (Å²) in [5, 5.41) is 5.28. The molecule has 216 valence electrons. The highest BCUT2D eigenvalue weighted by molar-refractivity contribution is 6.00. The van der Waals surface area contributed by atoms with Gasteiger partial charge in [-0.25, -0.2) is 9.78 Å². The first kappa shape index (κ1) is 28.1. The number of alkyl halides is 3. The molecule has 3 heterocycles. The van der Waals surface area contributed by atoms with Crippen molar-refractivity contribution in [2.75, 3.05) is 29.9 Å². The minimum atomic E-state index is -4.93. The zero-order valence-corrected chi connectivity index (χ0v) is 22.2. The van der Waals surface area contributed by atoms with Gasteiger partial charge < -0.3 is 20.8 Å². The summed E-state index contributed by atoms with van der Waals surface area (Å²) in [7, 11) is 0. The van der Waals surface area contributed by atoms with Crippen LogP contribution >= 0.6 is 0 Å². The molecule has 3 aromatic rings. The molecule has 4 amide bonds. The van der Waals surface area contributed by atoms with Gasteiger partial charge in [0.05, 0.1) is 12.7 Å². The number of amides is 4. The molecule has 0 aliphatic carbocycles. The van der Waals surface area contributed by atoms with Gasteiger partial charge >= 0.3 is 12.2 Å². The van der Waals surface area contributed by atoms with Crippen LogP contribution in [0.3, 0.4) is 0 Å². The van der Waals surface area contributed by atoms with Crippen molar-refractivity contribution in [2.24, 2.45) is 11.7 Å². The van der Waals surface area contributed by atoms with Gasteiger partial charge in [0.2, 0.25) is 17.6 Å². The van der Waals surface area contributed by atoms with E-state index in [1.165, 1.54) is 6.07 Å². The van der Waals surface area contributed by atoms with E-state index >= 15 is 0 Å². The van der Waals surface area contributed by atoms with Crippen molar-refractivity contribution in [3.8, 4) is 11.5 Å². The van der Waals surface area contributed by atoms with Crippen LogP contribution < -0.4 is 21.3 Å². The third-order valence-corrected chi connectivity index (χ3v) is 7.22. The highest BCUT2D eigenvalue weighted by Crippen LogP contribution is 2.39. The Morgan fingerprint density at radius 3 is 2.56 bits per heavy atom. The van der Waals surface area contributed by atoms with Gasteiger partial charge in [-0.1, -0.05) is 25.1 Å². The molecule has 1 fully saturated rings. The average Bonchev–Trinajstić information content (AvgIpc) is 3.55. The zero-order valence-electron chi connectivity index (χ0n) is 22.2. The number of oxazole rings is 1. The minimum Gasteiger partial charge on any atom is -0.430 e. The van der Waals surface area contributed by atoms with Crippen LogP contribution in [0, 0.1) is 5.92 Å². The van der Waals surface area contributed by atoms with Crippen molar-refractivity contribution in [2.45, 2.75) is 38.5 Å². The molecule has 5 rings (SSSR count). The number of aromatic nitrogens is 1. The highest BCUT2D eigenvalue weighted by Gasteiger charge is 2.42. The van der Waals surface area contributed by atoms with Crippen LogP contribution in [-0.2, 0) is 17.4 Å². The van der Waals surface area contributed by atoms with Gasteiger partial charge in [0.25, 0.3) is 5.91 Å². The molecular formula is C28H29F3N6O4. The number of primary amides is 1. The Bertz CT molecular complexity index is 1460. The maximum absolute atomic E-state index is 13.5. The van der Waals surface area contributed by atoms with Gasteiger partial charge in [-0.05, 0) is 54.7 Å². The second kappa shape index (κ2) is 11.2. The monoisotopic (exact) mass is 570 g/mol. The number of halogens is 3. The van der Waals surface area contributed by atoms with Gasteiger partial charge in [0, 0.05) is 36.4 Å². The minimum absolute atomic E-state index is 0.210. The molecule has 2 aromatic carbocycles. The molecule has 1 aromatic heterocycles. The Morgan fingerprint density at radius 2 is 1.90 bits per heavy atom. The quantitative estimate of drug-likeness (QED) is 0.406. The molecule has 10 nitrogen and oxygen atoms in total. The molecule has 2 aliphatic rings. The van der Waals surface area contributed by atoms with Crippen LogP contribution in [0.4, 0.5) is 29.3 Å². The number of fused-ring (bicyclic) bond motifs is 1. The number of anilines is 2. The molecule has 4 N–H and O–H groups in total. The summed E-state index contributed by atoms with van der Waals surface area (Å²) in [6.07, 6.45) is -2.82. The number of carbonyl (C=O) groups excluding carboxylic acids is 3. The lowest BCUT2D eigenvalue weighted by atomic mass is 9.99. The molecule has 0 saturated carbocycles. The summed E-state index contributed by atoms with van der Waals surface area (Å²) in [6, 6.07) is 13.0. The standard InChI is InChI=1S/C28H29F3N6O4/c1-16-6-5-11-36(15-16)21-13-18-12-17(26-35-24(28(29,30)31)23(41-26)25(32)39)9-10-20(18)37(21)22(38)14-33-27(40)34-19-7-3-2-4-8-19/h2-4,7-10,12,16,21H,5-6,11,13-15H2,1H3,(H2,32,39)(H2,33,34,40). The number of likely N-dealkylation sites (tertiary alicyclic amines) is 1. The van der Waals surface area contributed by atoms with E-state index < -0.39 is 35.5 Å². The number of nitrogens with one attached hydrogen (secondary N) is 2. The predicted molar refractivity (Wildman–Crippen MR) is 144 cm³/mol. The van der Waals surface area contributed by atoms with Gasteiger partial charge in [0.1, 0.15) is 0 Å². The smallest absolute Gasteiger partial charge is 0.430 e. The molecule has 0 spiro atoms. The summed E-state index contributed by atoms with van der Waals surface area (Å²) in [5.74, 6) is -2.76. The van der Waals surface area contributed by atoms with E-state index in [9.17, 15) is 27.6 Å². The van der Waals surface area contributed by atoms with E-state index in [1.54, 1.807) is 41.3 Å². The van der Waals surface area contributed by atoms with Crippen LogP contribution in [0.2, 0.25) is 0 Å². The number of carbonyl (C=O) groups is 3. The number of hydrogen-bond acceptors (Lipinski definition) is 6. The fourth-order valence-electron chi connectivity index (χ4n) is 5.40. The first-order chi connectivity index (χ1) is 19.5. The fourth-order valence-corrected chi connectivity index (χ4v) is 5.40. The van der Waals surface area contributed by atoms with Crippen molar-refractivity contribution in [3.63, 3.8) is 0 Å². The average molecular weight is 571 g/mol. The summed E-state index contributed by atoms with van der Waals surface area (Å²) in [4.78, 5) is 44.9. The fraction of sp³-hybridized carbons (Fsp3) is 0.357. The summed E-state index contributed by atoms with van der Waals surface area (Å²) in [5.41, 5.74) is 5.66. The Kier molecular flexibility index (Phi) is 7.72. The van der Waals surface area contributed by atoms with E-state index in [2.05, 4.69) is 27.4 Å². The van der Waals surface area contributed by atoms with Gasteiger partial charge in [-0.15, -0.1) is 0 Å². The second-order valence-electron chi connectivity index (χ2n) is 10.3. The number of nitrogens with two attached hydrogens (primary N) is 1. The lowest BCUT2D eigenvalue weighted by Gasteiger charge is -2.39. The summed E-state index contributed by atoms with van der Waals surface area (Å²) in [6.45, 7) is 3.42. The molecule has 2 unspecified atom stereocenters. The van der Waals surface area contributed by atoms with E-state index in [-0.39, 0.29) is 24.2 Å². The summed E-state index contributed by atoms with van der Waals surface area (Å²) < 4.78 is 45.4. The van der Waals surface area contributed by atoms with Crippen molar-refractivity contribution in [3.05, 3.63) is 65.5 Å². The number of benzene rings is 2. The SMILES string of the molecule is CC1CCCN(C2Cc3cc(-c4nc(C(F)(F)F)c(C(N)=O)o4)ccc3N2C(=O)CNC(=O)Nc2ccccc2)C1. The Morgan fingerprint density at radius 1 is 1.15 bits per heavy atom. The lowest BCUT2D eigenvalue weighted by Crippen LogP contribution is -2.54. The Balaban J connectivity index is 1.41.